The number of hydrogen-bond donors (Lipinski definition) is 2. The monoisotopic (exact) mass is 419 g/mol. The van der Waals surface area contributed by atoms with Gasteiger partial charge in [-0.2, -0.15) is 10.2 Å². The number of benzene rings is 2. The molecule has 0 saturated heterocycles. The second-order valence-electron chi connectivity index (χ2n) is 6.56. The van der Waals surface area contributed by atoms with E-state index in [1.807, 2.05) is 59.5 Å². The quantitative estimate of drug-likeness (QED) is 0.408. The van der Waals surface area contributed by atoms with Crippen LogP contribution in [0.25, 0.3) is 20.8 Å². The van der Waals surface area contributed by atoms with Gasteiger partial charge in [0.1, 0.15) is 5.01 Å². The van der Waals surface area contributed by atoms with Crippen molar-refractivity contribution in [3.05, 3.63) is 67.0 Å². The maximum Gasteiger partial charge on any atom is 0.124 e. The molecule has 30 heavy (non-hydrogen) atoms. The standard InChI is InChI=1S/C22H21N5O2S/c28-13-11-27(12-14-29)19-4-1-17(2-5-19)25-26-18-3-6-20-21(15-18)30-22(24-20)16-7-9-23-10-8-16/h1-10,15,28-29H,11-14H2. The summed E-state index contributed by atoms with van der Waals surface area (Å²) in [5, 5.41) is 28.0. The van der Waals surface area contributed by atoms with E-state index < -0.39 is 0 Å². The van der Waals surface area contributed by atoms with Crippen molar-refractivity contribution in [3.63, 3.8) is 0 Å². The van der Waals surface area contributed by atoms with Crippen molar-refractivity contribution in [3.8, 4) is 10.6 Å². The van der Waals surface area contributed by atoms with E-state index in [0.717, 1.165) is 37.8 Å². The average molecular weight is 420 g/mol. The first kappa shape index (κ1) is 20.1. The first-order valence-electron chi connectivity index (χ1n) is 9.56. The number of aliphatic hydroxyl groups is 2. The number of pyridine rings is 1. The van der Waals surface area contributed by atoms with E-state index in [1.165, 1.54) is 0 Å². The Kier molecular flexibility index (Phi) is 6.38. The lowest BCUT2D eigenvalue weighted by Gasteiger charge is -2.22. The number of anilines is 1. The van der Waals surface area contributed by atoms with Crippen LogP contribution in [-0.4, -0.2) is 46.5 Å². The van der Waals surface area contributed by atoms with E-state index in [2.05, 4.69) is 20.2 Å². The molecule has 0 amide bonds. The SMILES string of the molecule is OCCN(CCO)c1ccc(N=Nc2ccc3nc(-c4ccncc4)sc3c2)cc1. The molecular weight excluding hydrogens is 398 g/mol. The number of thiazole rings is 1. The maximum atomic E-state index is 9.17. The highest BCUT2D eigenvalue weighted by molar-refractivity contribution is 7.21. The largest absolute Gasteiger partial charge is 0.395 e. The zero-order valence-corrected chi connectivity index (χ0v) is 17.0. The van der Waals surface area contributed by atoms with Crippen molar-refractivity contribution in [2.45, 2.75) is 0 Å². The van der Waals surface area contributed by atoms with Gasteiger partial charge in [0.05, 0.1) is 34.8 Å². The lowest BCUT2D eigenvalue weighted by molar-refractivity contribution is 0.281. The van der Waals surface area contributed by atoms with Gasteiger partial charge < -0.3 is 15.1 Å². The molecule has 0 aliphatic rings. The van der Waals surface area contributed by atoms with Crippen LogP contribution in [0, 0.1) is 0 Å². The number of azo groups is 1. The Morgan fingerprint density at radius 2 is 1.50 bits per heavy atom. The summed E-state index contributed by atoms with van der Waals surface area (Å²) in [6.45, 7) is 1.00. The molecule has 0 unspecified atom stereocenters. The lowest BCUT2D eigenvalue weighted by Crippen LogP contribution is -2.29. The highest BCUT2D eigenvalue weighted by Crippen LogP contribution is 2.32. The molecule has 0 atom stereocenters. The zero-order chi connectivity index (χ0) is 20.8. The molecule has 7 nitrogen and oxygen atoms in total. The Morgan fingerprint density at radius 3 is 2.20 bits per heavy atom. The molecule has 0 fully saturated rings. The second kappa shape index (κ2) is 9.53. The number of nitrogens with zero attached hydrogens (tertiary/aromatic N) is 5. The van der Waals surface area contributed by atoms with Crippen LogP contribution < -0.4 is 4.90 Å². The van der Waals surface area contributed by atoms with Crippen LogP contribution in [0.1, 0.15) is 0 Å². The molecule has 2 aromatic carbocycles. The first-order chi connectivity index (χ1) is 14.8. The molecule has 2 aromatic heterocycles. The van der Waals surface area contributed by atoms with Gasteiger partial charge in [0, 0.05) is 36.7 Å². The minimum Gasteiger partial charge on any atom is -0.395 e. The molecule has 0 spiro atoms. The van der Waals surface area contributed by atoms with Gasteiger partial charge in [-0.3, -0.25) is 4.98 Å². The third-order valence-corrected chi connectivity index (χ3v) is 5.60. The third kappa shape index (κ3) is 4.68. The van der Waals surface area contributed by atoms with Crippen LogP contribution >= 0.6 is 11.3 Å². The predicted molar refractivity (Wildman–Crippen MR) is 120 cm³/mol. The van der Waals surface area contributed by atoms with Gasteiger partial charge in [-0.25, -0.2) is 4.98 Å². The van der Waals surface area contributed by atoms with Crippen molar-refractivity contribution in [1.29, 1.82) is 0 Å². The van der Waals surface area contributed by atoms with Crippen LogP contribution in [0.5, 0.6) is 0 Å². The van der Waals surface area contributed by atoms with Crippen LogP contribution in [0.15, 0.2) is 77.2 Å². The maximum absolute atomic E-state index is 9.17. The molecular formula is C22H21N5O2S. The van der Waals surface area contributed by atoms with Crippen molar-refractivity contribution >= 4 is 38.6 Å². The van der Waals surface area contributed by atoms with Gasteiger partial charge in [-0.1, -0.05) is 0 Å². The van der Waals surface area contributed by atoms with Crippen molar-refractivity contribution < 1.29 is 10.2 Å². The molecule has 0 aliphatic heterocycles. The van der Waals surface area contributed by atoms with E-state index in [0.29, 0.717) is 13.1 Å². The summed E-state index contributed by atoms with van der Waals surface area (Å²) >= 11 is 1.61. The fourth-order valence-electron chi connectivity index (χ4n) is 3.05. The number of fused-ring (bicyclic) bond motifs is 1. The molecule has 4 aromatic rings. The minimum atomic E-state index is 0.0321. The summed E-state index contributed by atoms with van der Waals surface area (Å²) in [7, 11) is 0. The van der Waals surface area contributed by atoms with Gasteiger partial charge in [-0.05, 0) is 54.6 Å². The summed E-state index contributed by atoms with van der Waals surface area (Å²) in [5.41, 5.74) is 4.40. The predicted octanol–water partition coefficient (Wildman–Crippen LogP) is 4.56. The Bertz CT molecular complexity index is 1120. The van der Waals surface area contributed by atoms with Gasteiger partial charge in [0.15, 0.2) is 0 Å². The molecule has 0 bridgehead atoms. The third-order valence-electron chi connectivity index (χ3n) is 4.53. The average Bonchev–Trinajstić information content (AvgIpc) is 3.22. The summed E-state index contributed by atoms with van der Waals surface area (Å²) in [5.74, 6) is 0. The van der Waals surface area contributed by atoms with E-state index in [1.54, 1.807) is 23.7 Å². The Hall–Kier alpha value is -3.20. The Labute approximate surface area is 178 Å². The lowest BCUT2D eigenvalue weighted by atomic mass is 10.2. The Balaban J connectivity index is 1.50. The fourth-order valence-corrected chi connectivity index (χ4v) is 4.05. The van der Waals surface area contributed by atoms with Crippen molar-refractivity contribution in [2.24, 2.45) is 10.2 Å². The molecule has 0 saturated carbocycles. The van der Waals surface area contributed by atoms with Gasteiger partial charge in [0.25, 0.3) is 0 Å². The summed E-state index contributed by atoms with van der Waals surface area (Å²) in [6, 6.07) is 17.3. The molecule has 2 N–H and O–H groups in total. The Morgan fingerprint density at radius 1 is 0.833 bits per heavy atom. The molecule has 2 heterocycles. The number of aliphatic hydroxyl groups excluding tert-OH is 2. The summed E-state index contributed by atoms with van der Waals surface area (Å²) in [6.07, 6.45) is 3.53. The topological polar surface area (TPSA) is 94.2 Å². The molecule has 152 valence electrons. The highest BCUT2D eigenvalue weighted by atomic mass is 32.1. The van der Waals surface area contributed by atoms with Gasteiger partial charge in [0.2, 0.25) is 0 Å². The van der Waals surface area contributed by atoms with Crippen molar-refractivity contribution in [1.82, 2.24) is 9.97 Å². The minimum absolute atomic E-state index is 0.0321. The highest BCUT2D eigenvalue weighted by Gasteiger charge is 2.07. The van der Waals surface area contributed by atoms with E-state index in [9.17, 15) is 0 Å². The van der Waals surface area contributed by atoms with Crippen LogP contribution in [0.4, 0.5) is 17.1 Å². The van der Waals surface area contributed by atoms with E-state index >= 15 is 0 Å². The first-order valence-corrected chi connectivity index (χ1v) is 10.4. The number of rotatable bonds is 8. The van der Waals surface area contributed by atoms with Crippen molar-refractivity contribution in [2.75, 3.05) is 31.2 Å². The summed E-state index contributed by atoms with van der Waals surface area (Å²) < 4.78 is 1.05. The number of hydrogen-bond acceptors (Lipinski definition) is 8. The van der Waals surface area contributed by atoms with Gasteiger partial charge in [-0.15, -0.1) is 11.3 Å². The molecule has 0 aliphatic carbocycles. The zero-order valence-electron chi connectivity index (χ0n) is 16.2. The normalized spacial score (nSPS) is 11.4. The van der Waals surface area contributed by atoms with Crippen LogP contribution in [0.2, 0.25) is 0 Å². The molecule has 4 rings (SSSR count). The summed E-state index contributed by atoms with van der Waals surface area (Å²) in [4.78, 5) is 10.6. The van der Waals surface area contributed by atoms with Crippen LogP contribution in [0.3, 0.4) is 0 Å². The molecule has 0 radical (unpaired) electrons. The van der Waals surface area contributed by atoms with Crippen LogP contribution in [-0.2, 0) is 0 Å². The number of aromatic nitrogens is 2. The van der Waals surface area contributed by atoms with E-state index in [-0.39, 0.29) is 13.2 Å². The van der Waals surface area contributed by atoms with Gasteiger partial charge >= 0.3 is 0 Å². The second-order valence-corrected chi connectivity index (χ2v) is 7.59. The smallest absolute Gasteiger partial charge is 0.124 e. The molecule has 8 heteroatoms. The fraction of sp³-hybridized carbons (Fsp3) is 0.182. The van der Waals surface area contributed by atoms with E-state index in [4.69, 9.17) is 10.2 Å².